The van der Waals surface area contributed by atoms with Crippen LogP contribution in [0.2, 0.25) is 0 Å². The van der Waals surface area contributed by atoms with Crippen LogP contribution in [0.1, 0.15) is 6.92 Å². The fourth-order valence-electron chi connectivity index (χ4n) is 0. The summed E-state index contributed by atoms with van der Waals surface area (Å²) in [4.78, 5) is 9.00. The molecule has 0 aliphatic carbocycles. The maximum Gasteiger partial charge on any atom is 0.300 e. The first-order valence-electron chi connectivity index (χ1n) is 0.928. The molecule has 2 nitrogen and oxygen atoms in total. The number of carboxylic acids is 1. The predicted octanol–water partition coefficient (Wildman–Crippen LogP) is 0.0884. The maximum atomic E-state index is 9.00. The summed E-state index contributed by atoms with van der Waals surface area (Å²) >= 11 is 0. The molecule has 0 unspecified atom stereocenters. The molecule has 0 rings (SSSR count). The van der Waals surface area contributed by atoms with Crippen molar-refractivity contribution >= 4 is 5.97 Å². The third-order valence-corrected chi connectivity index (χ3v) is 0. The van der Waals surface area contributed by atoms with Gasteiger partial charge in [-0.25, -0.2) is 0 Å². The SMILES string of the molecule is CC(=O)O.[V]. The van der Waals surface area contributed by atoms with Crippen LogP contribution in [0.25, 0.3) is 0 Å². The Morgan fingerprint density at radius 1 is 1.80 bits per heavy atom. The van der Waals surface area contributed by atoms with Gasteiger partial charge in [0.2, 0.25) is 0 Å². The van der Waals surface area contributed by atoms with Crippen molar-refractivity contribution in [1.82, 2.24) is 0 Å². The largest absolute Gasteiger partial charge is 0.481 e. The monoisotopic (exact) mass is 111 g/mol. The van der Waals surface area contributed by atoms with Crippen molar-refractivity contribution in [3.63, 3.8) is 0 Å². The second kappa shape index (κ2) is 4.05. The molecule has 0 spiro atoms. The molecule has 3 heteroatoms. The summed E-state index contributed by atoms with van der Waals surface area (Å²) in [7, 11) is 0. The molecular formula is C2H4O2V. The van der Waals surface area contributed by atoms with E-state index >= 15 is 0 Å². The van der Waals surface area contributed by atoms with Crippen LogP contribution in [0.5, 0.6) is 0 Å². The van der Waals surface area contributed by atoms with E-state index in [1.54, 1.807) is 0 Å². The number of rotatable bonds is 0. The molecule has 0 aromatic carbocycles. The summed E-state index contributed by atoms with van der Waals surface area (Å²) in [5.74, 6) is -0.833. The van der Waals surface area contributed by atoms with E-state index in [9.17, 15) is 0 Å². The zero-order chi connectivity index (χ0) is 3.58. The molecule has 0 aliphatic rings. The van der Waals surface area contributed by atoms with Crippen molar-refractivity contribution in [2.45, 2.75) is 6.92 Å². The van der Waals surface area contributed by atoms with Crippen LogP contribution in [0.15, 0.2) is 0 Å². The fourth-order valence-corrected chi connectivity index (χ4v) is 0. The van der Waals surface area contributed by atoms with E-state index in [2.05, 4.69) is 0 Å². The quantitative estimate of drug-likeness (QED) is 0.480. The van der Waals surface area contributed by atoms with Gasteiger partial charge in [0.05, 0.1) is 0 Å². The Kier molecular flexibility index (Phi) is 7.22. The van der Waals surface area contributed by atoms with Crippen LogP contribution in [0, 0.1) is 0 Å². The van der Waals surface area contributed by atoms with Gasteiger partial charge in [-0.1, -0.05) is 0 Å². The van der Waals surface area contributed by atoms with Crippen LogP contribution >= 0.6 is 0 Å². The van der Waals surface area contributed by atoms with Gasteiger partial charge in [0.1, 0.15) is 0 Å². The van der Waals surface area contributed by atoms with Gasteiger partial charge in [-0.15, -0.1) is 0 Å². The van der Waals surface area contributed by atoms with Gasteiger partial charge in [0, 0.05) is 25.5 Å². The summed E-state index contributed by atoms with van der Waals surface area (Å²) in [6, 6.07) is 0. The van der Waals surface area contributed by atoms with Crippen molar-refractivity contribution in [2.24, 2.45) is 0 Å². The molecule has 5 heavy (non-hydrogen) atoms. The summed E-state index contributed by atoms with van der Waals surface area (Å²) in [6.45, 7) is 1.08. The van der Waals surface area contributed by atoms with E-state index in [0.717, 1.165) is 6.92 Å². The zero-order valence-electron chi connectivity index (χ0n) is 2.80. The van der Waals surface area contributed by atoms with Crippen molar-refractivity contribution in [1.29, 1.82) is 0 Å². The van der Waals surface area contributed by atoms with Gasteiger partial charge in [-0.3, -0.25) is 4.79 Å². The number of hydrogen-bond donors (Lipinski definition) is 1. The van der Waals surface area contributed by atoms with E-state index in [1.807, 2.05) is 0 Å². The molecule has 0 bridgehead atoms. The Balaban J connectivity index is 0. The molecule has 0 aromatic rings. The van der Waals surface area contributed by atoms with E-state index < -0.39 is 5.97 Å². The average molecular weight is 111 g/mol. The summed E-state index contributed by atoms with van der Waals surface area (Å²) in [5.41, 5.74) is 0. The second-order valence-electron chi connectivity index (χ2n) is 0.519. The molecule has 1 radical (unpaired) electrons. The van der Waals surface area contributed by atoms with Crippen molar-refractivity contribution in [3.8, 4) is 0 Å². The first-order chi connectivity index (χ1) is 1.73. The molecule has 0 saturated heterocycles. The molecule has 29 valence electrons. The minimum atomic E-state index is -0.833. The van der Waals surface area contributed by atoms with Crippen LogP contribution in [0.3, 0.4) is 0 Å². The van der Waals surface area contributed by atoms with Gasteiger partial charge in [-0.2, -0.15) is 0 Å². The number of aliphatic carboxylic acids is 1. The van der Waals surface area contributed by atoms with Crippen LogP contribution in [-0.2, 0) is 23.4 Å². The van der Waals surface area contributed by atoms with E-state index in [-0.39, 0.29) is 18.6 Å². The number of carbonyl (C=O) groups is 1. The average Bonchev–Trinajstić information content (AvgIpc) is 0.811. The topological polar surface area (TPSA) is 37.3 Å². The number of carboxylic acid groups (broad SMARTS) is 1. The van der Waals surface area contributed by atoms with Crippen molar-refractivity contribution < 1.29 is 28.5 Å². The summed E-state index contributed by atoms with van der Waals surface area (Å²) in [5, 5.41) is 7.42. The van der Waals surface area contributed by atoms with Gasteiger partial charge in [0.15, 0.2) is 0 Å². The third-order valence-electron chi connectivity index (χ3n) is 0. The molecule has 0 saturated carbocycles. The second-order valence-corrected chi connectivity index (χ2v) is 0.519. The van der Waals surface area contributed by atoms with Gasteiger partial charge < -0.3 is 5.11 Å². The summed E-state index contributed by atoms with van der Waals surface area (Å²) in [6.07, 6.45) is 0. The van der Waals surface area contributed by atoms with E-state index in [0.29, 0.717) is 0 Å². The molecule has 0 aliphatic heterocycles. The Labute approximate surface area is 42.1 Å². The molecule has 0 heterocycles. The molecule has 0 atom stereocenters. The van der Waals surface area contributed by atoms with Gasteiger partial charge >= 0.3 is 0 Å². The minimum Gasteiger partial charge on any atom is -0.481 e. The van der Waals surface area contributed by atoms with Crippen LogP contribution in [-0.4, -0.2) is 11.1 Å². The van der Waals surface area contributed by atoms with E-state index in [4.69, 9.17) is 9.90 Å². The first kappa shape index (κ1) is 8.91. The number of hydrogen-bond acceptors (Lipinski definition) is 1. The van der Waals surface area contributed by atoms with Crippen LogP contribution in [0.4, 0.5) is 0 Å². The first-order valence-corrected chi connectivity index (χ1v) is 0.928. The van der Waals surface area contributed by atoms with E-state index in [1.165, 1.54) is 0 Å². The Morgan fingerprint density at radius 2 is 1.80 bits per heavy atom. The van der Waals surface area contributed by atoms with Crippen molar-refractivity contribution in [2.75, 3.05) is 0 Å². The minimum absolute atomic E-state index is 0. The van der Waals surface area contributed by atoms with Gasteiger partial charge in [-0.05, 0) is 0 Å². The third kappa shape index (κ3) is 5780. The molecular weight excluding hydrogens is 107 g/mol. The van der Waals surface area contributed by atoms with Crippen LogP contribution < -0.4 is 0 Å². The Morgan fingerprint density at radius 3 is 1.80 bits per heavy atom. The molecule has 0 fully saturated rings. The maximum absolute atomic E-state index is 9.00. The smallest absolute Gasteiger partial charge is 0.300 e. The fraction of sp³-hybridized carbons (Fsp3) is 0.500. The predicted molar refractivity (Wildman–Crippen MR) is 13.3 cm³/mol. The Hall–Kier alpha value is 0.0544. The molecule has 1 N–H and O–H groups in total. The van der Waals surface area contributed by atoms with Gasteiger partial charge in [0.25, 0.3) is 5.97 Å². The normalized spacial score (nSPS) is 5.00. The Bertz CT molecular complexity index is 30.6. The van der Waals surface area contributed by atoms with Crippen molar-refractivity contribution in [3.05, 3.63) is 0 Å². The molecule has 0 amide bonds. The zero-order valence-corrected chi connectivity index (χ0v) is 4.20. The molecule has 0 aromatic heterocycles. The summed E-state index contributed by atoms with van der Waals surface area (Å²) < 4.78 is 0. The standard InChI is InChI=1S/C2H4O2.V/c1-2(3)4;/h1H3,(H,3,4);.